The van der Waals surface area contributed by atoms with E-state index in [0.29, 0.717) is 12.1 Å². The Balaban J connectivity index is 1.81. The quantitative estimate of drug-likeness (QED) is 0.864. The molecule has 2 heterocycles. The van der Waals surface area contributed by atoms with Crippen LogP contribution in [-0.4, -0.2) is 19.6 Å². The lowest BCUT2D eigenvalue weighted by Gasteiger charge is -2.24. The third-order valence-corrected chi connectivity index (χ3v) is 4.52. The Morgan fingerprint density at radius 2 is 2.15 bits per heavy atom. The van der Waals surface area contributed by atoms with Crippen molar-refractivity contribution in [3.63, 3.8) is 0 Å². The number of hydrogen-bond donors (Lipinski definition) is 0. The van der Waals surface area contributed by atoms with Gasteiger partial charge in [-0.25, -0.2) is 0 Å². The van der Waals surface area contributed by atoms with Crippen LogP contribution in [0.5, 0.6) is 0 Å². The molecule has 0 radical (unpaired) electrons. The average Bonchev–Trinajstić information content (AvgIpc) is 2.88. The first-order valence-electron chi connectivity index (χ1n) is 6.80. The molecule has 104 valence electrons. The SMILES string of the molecule is Cn1cc(Cc2cn(CC3CCC3)nc2C#N)c(Br)n1. The highest BCUT2D eigenvalue weighted by Crippen LogP contribution is 2.28. The fourth-order valence-corrected chi connectivity index (χ4v) is 3.05. The minimum atomic E-state index is 0.528. The van der Waals surface area contributed by atoms with E-state index in [1.54, 1.807) is 4.68 Å². The van der Waals surface area contributed by atoms with Crippen LogP contribution < -0.4 is 0 Å². The number of nitrogens with zero attached hydrogens (tertiary/aromatic N) is 5. The summed E-state index contributed by atoms with van der Waals surface area (Å²) in [6.07, 6.45) is 8.55. The number of aromatic nitrogens is 4. The van der Waals surface area contributed by atoms with E-state index in [2.05, 4.69) is 32.2 Å². The van der Waals surface area contributed by atoms with Gasteiger partial charge in [-0.05, 0) is 34.7 Å². The molecule has 0 aliphatic heterocycles. The zero-order chi connectivity index (χ0) is 14.1. The van der Waals surface area contributed by atoms with Gasteiger partial charge in [-0.15, -0.1) is 0 Å². The molecule has 0 aromatic carbocycles. The molecule has 20 heavy (non-hydrogen) atoms. The highest BCUT2D eigenvalue weighted by molar-refractivity contribution is 9.10. The molecule has 0 spiro atoms. The van der Waals surface area contributed by atoms with Crippen LogP contribution >= 0.6 is 15.9 Å². The molecule has 0 bridgehead atoms. The molecule has 2 aromatic heterocycles. The first kappa shape index (κ1) is 13.4. The maximum atomic E-state index is 9.23. The van der Waals surface area contributed by atoms with Gasteiger partial charge < -0.3 is 0 Å². The van der Waals surface area contributed by atoms with Crippen molar-refractivity contribution in [2.45, 2.75) is 32.2 Å². The predicted octanol–water partition coefficient (Wildman–Crippen LogP) is 2.64. The second-order valence-electron chi connectivity index (χ2n) is 5.43. The van der Waals surface area contributed by atoms with Crippen LogP contribution in [-0.2, 0) is 20.0 Å². The van der Waals surface area contributed by atoms with E-state index in [1.165, 1.54) is 19.3 Å². The Hall–Kier alpha value is -1.61. The van der Waals surface area contributed by atoms with Crippen molar-refractivity contribution in [3.05, 3.63) is 33.8 Å². The molecule has 2 aromatic rings. The first-order chi connectivity index (χ1) is 9.65. The molecule has 0 N–H and O–H groups in total. The summed E-state index contributed by atoms with van der Waals surface area (Å²) in [7, 11) is 1.89. The summed E-state index contributed by atoms with van der Waals surface area (Å²) in [4.78, 5) is 0. The Bertz CT molecular complexity index is 660. The summed E-state index contributed by atoms with van der Waals surface area (Å²) in [6, 6.07) is 2.20. The summed E-state index contributed by atoms with van der Waals surface area (Å²) < 4.78 is 4.53. The molecule has 6 heteroatoms. The first-order valence-corrected chi connectivity index (χ1v) is 7.59. The van der Waals surface area contributed by atoms with Crippen LogP contribution in [0, 0.1) is 17.2 Å². The van der Waals surface area contributed by atoms with E-state index in [1.807, 2.05) is 24.1 Å². The number of rotatable bonds is 4. The fraction of sp³-hybridized carbons (Fsp3) is 0.500. The normalized spacial score (nSPS) is 15.1. The zero-order valence-electron chi connectivity index (χ0n) is 11.4. The van der Waals surface area contributed by atoms with Gasteiger partial charge in [-0.3, -0.25) is 9.36 Å². The topological polar surface area (TPSA) is 59.4 Å². The van der Waals surface area contributed by atoms with Crippen molar-refractivity contribution >= 4 is 15.9 Å². The predicted molar refractivity (Wildman–Crippen MR) is 78.0 cm³/mol. The van der Waals surface area contributed by atoms with Crippen molar-refractivity contribution in [2.75, 3.05) is 0 Å². The molecular weight excluding hydrogens is 318 g/mol. The van der Waals surface area contributed by atoms with E-state index in [4.69, 9.17) is 0 Å². The number of hydrogen-bond acceptors (Lipinski definition) is 3. The van der Waals surface area contributed by atoms with Crippen LogP contribution in [0.2, 0.25) is 0 Å². The van der Waals surface area contributed by atoms with Gasteiger partial charge in [0.25, 0.3) is 0 Å². The summed E-state index contributed by atoms with van der Waals surface area (Å²) in [5, 5.41) is 17.9. The molecule has 1 aliphatic carbocycles. The van der Waals surface area contributed by atoms with Gasteiger partial charge in [-0.1, -0.05) is 6.42 Å². The molecule has 0 saturated heterocycles. The smallest absolute Gasteiger partial charge is 0.165 e. The minimum Gasteiger partial charge on any atom is -0.274 e. The third kappa shape index (κ3) is 2.63. The van der Waals surface area contributed by atoms with Crippen molar-refractivity contribution in [1.82, 2.24) is 19.6 Å². The fourth-order valence-electron chi connectivity index (χ4n) is 2.55. The molecule has 0 amide bonds. The molecule has 1 saturated carbocycles. The monoisotopic (exact) mass is 333 g/mol. The van der Waals surface area contributed by atoms with Gasteiger partial charge >= 0.3 is 0 Å². The summed E-state index contributed by atoms with van der Waals surface area (Å²) in [5.41, 5.74) is 2.58. The van der Waals surface area contributed by atoms with Crippen molar-refractivity contribution in [2.24, 2.45) is 13.0 Å². The summed E-state index contributed by atoms with van der Waals surface area (Å²) in [5.74, 6) is 0.736. The van der Waals surface area contributed by atoms with Crippen LogP contribution in [0.1, 0.15) is 36.1 Å². The van der Waals surface area contributed by atoms with Crippen LogP contribution in [0.15, 0.2) is 17.0 Å². The third-order valence-electron chi connectivity index (χ3n) is 3.85. The van der Waals surface area contributed by atoms with E-state index in [0.717, 1.165) is 28.2 Å². The molecule has 0 unspecified atom stereocenters. The van der Waals surface area contributed by atoms with Crippen LogP contribution in [0.25, 0.3) is 0 Å². The van der Waals surface area contributed by atoms with E-state index < -0.39 is 0 Å². The zero-order valence-corrected chi connectivity index (χ0v) is 13.0. The summed E-state index contributed by atoms with van der Waals surface area (Å²) in [6.45, 7) is 0.933. The van der Waals surface area contributed by atoms with Crippen LogP contribution in [0.4, 0.5) is 0 Å². The van der Waals surface area contributed by atoms with E-state index in [-0.39, 0.29) is 0 Å². The maximum Gasteiger partial charge on any atom is 0.165 e. The molecule has 5 nitrogen and oxygen atoms in total. The van der Waals surface area contributed by atoms with Gasteiger partial charge in [0, 0.05) is 43.5 Å². The molecule has 3 rings (SSSR count). The van der Waals surface area contributed by atoms with Crippen molar-refractivity contribution < 1.29 is 0 Å². The Morgan fingerprint density at radius 1 is 1.35 bits per heavy atom. The Labute approximate surface area is 126 Å². The number of nitriles is 1. The minimum absolute atomic E-state index is 0.528. The number of aryl methyl sites for hydroxylation is 1. The Morgan fingerprint density at radius 3 is 2.70 bits per heavy atom. The molecule has 0 atom stereocenters. The standard InChI is InChI=1S/C14H16BrN5/c1-19-8-12(14(15)18-19)5-11-9-20(17-13(11)6-16)7-10-3-2-4-10/h8-10H,2-5,7H2,1H3. The van der Waals surface area contributed by atoms with Crippen molar-refractivity contribution in [1.29, 1.82) is 5.26 Å². The lowest BCUT2D eigenvalue weighted by molar-refractivity contribution is 0.266. The second kappa shape index (κ2) is 5.41. The highest BCUT2D eigenvalue weighted by Gasteiger charge is 2.20. The van der Waals surface area contributed by atoms with E-state index in [9.17, 15) is 5.26 Å². The second-order valence-corrected chi connectivity index (χ2v) is 6.18. The lowest BCUT2D eigenvalue weighted by Crippen LogP contribution is -2.18. The lowest BCUT2D eigenvalue weighted by atomic mass is 9.85. The highest BCUT2D eigenvalue weighted by atomic mass is 79.9. The van der Waals surface area contributed by atoms with Gasteiger partial charge in [0.05, 0.1) is 0 Å². The largest absolute Gasteiger partial charge is 0.274 e. The molecular formula is C14H16BrN5. The summed E-state index contributed by atoms with van der Waals surface area (Å²) >= 11 is 3.45. The van der Waals surface area contributed by atoms with Gasteiger partial charge in [0.2, 0.25) is 0 Å². The number of halogens is 1. The molecule has 1 aliphatic rings. The van der Waals surface area contributed by atoms with Crippen LogP contribution in [0.3, 0.4) is 0 Å². The van der Waals surface area contributed by atoms with Gasteiger partial charge in [0.1, 0.15) is 10.7 Å². The average molecular weight is 334 g/mol. The Kier molecular flexibility index (Phi) is 3.62. The van der Waals surface area contributed by atoms with Gasteiger partial charge in [-0.2, -0.15) is 15.5 Å². The van der Waals surface area contributed by atoms with E-state index >= 15 is 0 Å². The maximum absolute atomic E-state index is 9.23. The van der Waals surface area contributed by atoms with Crippen molar-refractivity contribution in [3.8, 4) is 6.07 Å². The van der Waals surface area contributed by atoms with Gasteiger partial charge in [0.15, 0.2) is 5.69 Å². The molecule has 1 fully saturated rings.